The van der Waals surface area contributed by atoms with E-state index >= 15 is 0 Å². The van der Waals surface area contributed by atoms with Gasteiger partial charge in [-0.15, -0.1) is 0 Å². The average Bonchev–Trinajstić information content (AvgIpc) is 2.32. The second-order valence-corrected chi connectivity index (χ2v) is 5.84. The first kappa shape index (κ1) is 13.4. The van der Waals surface area contributed by atoms with Crippen molar-refractivity contribution < 1.29 is 4.79 Å². The molecule has 0 saturated heterocycles. The van der Waals surface area contributed by atoms with E-state index in [1.807, 2.05) is 37.3 Å². The minimum Gasteiger partial charge on any atom is -0.292 e. The number of aryl methyl sites for hydroxylation is 1. The smallest absolute Gasteiger partial charge is 0.186 e. The Labute approximate surface area is 123 Å². The number of ketones is 1. The van der Waals surface area contributed by atoms with Gasteiger partial charge in [-0.05, 0) is 50.4 Å². The summed E-state index contributed by atoms with van der Waals surface area (Å²) in [6, 6.07) is 9.79. The fourth-order valence-corrected chi connectivity index (χ4v) is 2.80. The van der Waals surface area contributed by atoms with E-state index in [1.165, 1.54) is 5.56 Å². The van der Waals surface area contributed by atoms with Gasteiger partial charge in [-0.2, -0.15) is 0 Å². The molecule has 92 valence electrons. The zero-order valence-corrected chi connectivity index (χ0v) is 13.0. The molecule has 2 rings (SSSR count). The van der Waals surface area contributed by atoms with E-state index in [9.17, 15) is 4.79 Å². The van der Waals surface area contributed by atoms with E-state index in [0.717, 1.165) is 10.0 Å². The largest absolute Gasteiger partial charge is 0.292 e. The molecule has 0 aliphatic rings. The highest BCUT2D eigenvalue weighted by molar-refractivity contribution is 9.11. The van der Waals surface area contributed by atoms with Crippen molar-refractivity contribution in [1.29, 1.82) is 0 Å². The number of hydrogen-bond acceptors (Lipinski definition) is 2. The third-order valence-corrected chi connectivity index (χ3v) is 3.60. The Bertz CT molecular complexity index is 579. The van der Waals surface area contributed by atoms with Crippen LogP contribution in [0, 0.1) is 6.92 Å². The van der Waals surface area contributed by atoms with Crippen LogP contribution in [0.25, 0.3) is 0 Å². The van der Waals surface area contributed by atoms with Crippen LogP contribution in [0.1, 0.15) is 21.6 Å². The first-order chi connectivity index (χ1) is 8.56. The van der Waals surface area contributed by atoms with Crippen molar-refractivity contribution in [2.45, 2.75) is 13.3 Å². The first-order valence-corrected chi connectivity index (χ1v) is 7.04. The zero-order valence-electron chi connectivity index (χ0n) is 9.78. The van der Waals surface area contributed by atoms with Crippen LogP contribution in [0.5, 0.6) is 0 Å². The molecule has 2 aromatic rings. The molecule has 0 aliphatic heterocycles. The summed E-state index contributed by atoms with van der Waals surface area (Å²) < 4.78 is 1.57. The molecule has 2 nitrogen and oxygen atoms in total. The van der Waals surface area contributed by atoms with Gasteiger partial charge in [-0.3, -0.25) is 9.78 Å². The summed E-state index contributed by atoms with van der Waals surface area (Å²) in [7, 11) is 0. The molecule has 18 heavy (non-hydrogen) atoms. The van der Waals surface area contributed by atoms with Gasteiger partial charge in [0.2, 0.25) is 0 Å². The highest BCUT2D eigenvalue weighted by Gasteiger charge is 2.12. The van der Waals surface area contributed by atoms with Gasteiger partial charge in [0.05, 0.1) is 0 Å². The Morgan fingerprint density at radius 2 is 1.89 bits per heavy atom. The number of Topliss-reactive ketones (excluding diaryl/α,β-unsaturated/α-hetero) is 1. The summed E-state index contributed by atoms with van der Waals surface area (Å²) in [5.41, 5.74) is 2.66. The quantitative estimate of drug-likeness (QED) is 0.754. The van der Waals surface area contributed by atoms with Crippen molar-refractivity contribution in [2.75, 3.05) is 0 Å². The minimum atomic E-state index is 0.0122. The second-order valence-electron chi connectivity index (χ2n) is 4.07. The van der Waals surface area contributed by atoms with Crippen LogP contribution in [-0.4, -0.2) is 10.8 Å². The maximum absolute atomic E-state index is 12.1. The van der Waals surface area contributed by atoms with Crippen LogP contribution in [-0.2, 0) is 6.42 Å². The van der Waals surface area contributed by atoms with Gasteiger partial charge in [-0.25, -0.2) is 0 Å². The summed E-state index contributed by atoms with van der Waals surface area (Å²) in [6.07, 6.45) is 2.00. The topological polar surface area (TPSA) is 30.0 Å². The lowest BCUT2D eigenvalue weighted by molar-refractivity contribution is 0.0987. The molecular weight excluding hydrogens is 358 g/mol. The number of aromatic nitrogens is 1. The molecule has 4 heteroatoms. The van der Waals surface area contributed by atoms with Crippen LogP contribution in [0.2, 0.25) is 0 Å². The molecule has 0 atom stereocenters. The molecule has 0 fully saturated rings. The normalized spacial score (nSPS) is 10.4. The van der Waals surface area contributed by atoms with Crippen molar-refractivity contribution in [3.63, 3.8) is 0 Å². The summed E-state index contributed by atoms with van der Waals surface area (Å²) in [5, 5.41) is 0. The molecule has 0 spiro atoms. The van der Waals surface area contributed by atoms with E-state index in [4.69, 9.17) is 0 Å². The van der Waals surface area contributed by atoms with Gasteiger partial charge in [0.25, 0.3) is 0 Å². The van der Waals surface area contributed by atoms with Crippen LogP contribution in [0.15, 0.2) is 45.5 Å². The number of carbonyl (C=O) groups is 1. The number of benzene rings is 1. The van der Waals surface area contributed by atoms with Gasteiger partial charge in [-0.1, -0.05) is 29.8 Å². The van der Waals surface area contributed by atoms with Gasteiger partial charge >= 0.3 is 0 Å². The Morgan fingerprint density at radius 1 is 1.22 bits per heavy atom. The van der Waals surface area contributed by atoms with Crippen LogP contribution < -0.4 is 0 Å². The molecule has 0 aliphatic carbocycles. The molecule has 0 radical (unpaired) electrons. The summed E-state index contributed by atoms with van der Waals surface area (Å²) in [4.78, 5) is 16.3. The molecule has 0 amide bonds. The number of rotatable bonds is 3. The lowest BCUT2D eigenvalue weighted by atomic mass is 10.1. The van der Waals surface area contributed by atoms with Crippen LogP contribution >= 0.6 is 31.9 Å². The first-order valence-electron chi connectivity index (χ1n) is 5.46. The zero-order chi connectivity index (χ0) is 13.1. The minimum absolute atomic E-state index is 0.0122. The van der Waals surface area contributed by atoms with Crippen LogP contribution in [0.3, 0.4) is 0 Å². The molecule has 1 heterocycles. The number of pyridine rings is 1. The van der Waals surface area contributed by atoms with Gasteiger partial charge < -0.3 is 0 Å². The van der Waals surface area contributed by atoms with Crippen molar-refractivity contribution in [3.05, 3.63) is 62.3 Å². The molecule has 0 N–H and O–H groups in total. The fraction of sp³-hybridized carbons (Fsp3) is 0.143. The number of hydrogen-bond donors (Lipinski definition) is 0. The van der Waals surface area contributed by atoms with Crippen LogP contribution in [0.4, 0.5) is 0 Å². The predicted octanol–water partition coefficient (Wildman–Crippen LogP) is 4.34. The van der Waals surface area contributed by atoms with Gasteiger partial charge in [0, 0.05) is 21.6 Å². The molecule has 0 bridgehead atoms. The number of halogens is 2. The van der Waals surface area contributed by atoms with Crippen molar-refractivity contribution in [1.82, 2.24) is 4.98 Å². The van der Waals surface area contributed by atoms with E-state index in [0.29, 0.717) is 16.6 Å². The number of carbonyl (C=O) groups excluding carboxylic acids is 1. The van der Waals surface area contributed by atoms with E-state index in [-0.39, 0.29) is 5.78 Å². The third-order valence-electron chi connectivity index (χ3n) is 2.56. The lowest BCUT2D eigenvalue weighted by Gasteiger charge is -2.04. The van der Waals surface area contributed by atoms with E-state index in [2.05, 4.69) is 36.8 Å². The lowest BCUT2D eigenvalue weighted by Crippen LogP contribution is -2.07. The Hall–Kier alpha value is -1.000. The molecule has 1 aromatic carbocycles. The summed E-state index contributed by atoms with van der Waals surface area (Å²) in [5.74, 6) is 0.0122. The van der Waals surface area contributed by atoms with Crippen molar-refractivity contribution in [3.8, 4) is 0 Å². The highest BCUT2D eigenvalue weighted by atomic mass is 79.9. The van der Waals surface area contributed by atoms with Crippen molar-refractivity contribution >= 4 is 37.6 Å². The van der Waals surface area contributed by atoms with Gasteiger partial charge in [0.1, 0.15) is 5.69 Å². The molecule has 0 unspecified atom stereocenters. The van der Waals surface area contributed by atoms with E-state index < -0.39 is 0 Å². The predicted molar refractivity (Wildman–Crippen MR) is 78.9 cm³/mol. The Kier molecular flexibility index (Phi) is 4.30. The number of nitrogens with zero attached hydrogens (tertiary/aromatic N) is 1. The Balaban J connectivity index is 2.19. The summed E-state index contributed by atoms with van der Waals surface area (Å²) >= 11 is 6.68. The third kappa shape index (κ3) is 3.27. The maximum Gasteiger partial charge on any atom is 0.186 e. The highest BCUT2D eigenvalue weighted by Crippen LogP contribution is 2.21. The molecular formula is C14H11Br2NO. The van der Waals surface area contributed by atoms with Gasteiger partial charge in [0.15, 0.2) is 5.78 Å². The monoisotopic (exact) mass is 367 g/mol. The maximum atomic E-state index is 12.1. The molecule has 1 aromatic heterocycles. The SMILES string of the molecule is Cc1ccc(CC(=O)c2ncc(Br)cc2Br)cc1. The average molecular weight is 369 g/mol. The standard InChI is InChI=1S/C14H11Br2NO/c1-9-2-4-10(5-3-9)6-13(18)14-12(16)7-11(15)8-17-14/h2-5,7-8H,6H2,1H3. The van der Waals surface area contributed by atoms with Crippen molar-refractivity contribution in [2.24, 2.45) is 0 Å². The molecule has 0 saturated carbocycles. The van der Waals surface area contributed by atoms with E-state index in [1.54, 1.807) is 6.20 Å². The Morgan fingerprint density at radius 3 is 2.50 bits per heavy atom. The summed E-state index contributed by atoms with van der Waals surface area (Å²) in [6.45, 7) is 2.03. The fourth-order valence-electron chi connectivity index (χ4n) is 1.59. The second kappa shape index (κ2) is 5.76.